The van der Waals surface area contributed by atoms with E-state index in [1.165, 1.54) is 51.6 Å². The normalized spacial score (nSPS) is 36.2. The molecule has 0 aromatic heterocycles. The van der Waals surface area contributed by atoms with Crippen molar-refractivity contribution in [3.05, 3.63) is 0 Å². The highest BCUT2D eigenvalue weighted by Gasteiger charge is 2.35. The lowest BCUT2D eigenvalue weighted by Crippen LogP contribution is -2.28. The quantitative estimate of drug-likeness (QED) is 0.678. The Kier molecular flexibility index (Phi) is 3.82. The van der Waals surface area contributed by atoms with Crippen LogP contribution in [0.5, 0.6) is 0 Å². The van der Waals surface area contributed by atoms with Gasteiger partial charge in [-0.3, -0.25) is 0 Å². The Morgan fingerprint density at radius 1 is 1.36 bits per heavy atom. The van der Waals surface area contributed by atoms with Gasteiger partial charge in [0.15, 0.2) is 0 Å². The Hall–Kier alpha value is -0.0800. The second-order valence-corrected chi connectivity index (χ2v) is 4.93. The van der Waals surface area contributed by atoms with Crippen molar-refractivity contribution in [1.82, 2.24) is 10.6 Å². The molecule has 2 heteroatoms. The van der Waals surface area contributed by atoms with Crippen LogP contribution in [0.25, 0.3) is 0 Å². The van der Waals surface area contributed by atoms with Gasteiger partial charge in [-0.05, 0) is 51.1 Å². The highest BCUT2D eigenvalue weighted by Crippen LogP contribution is 2.34. The van der Waals surface area contributed by atoms with E-state index in [2.05, 4.69) is 17.6 Å². The molecule has 3 atom stereocenters. The van der Waals surface area contributed by atoms with E-state index in [0.717, 1.165) is 18.0 Å². The van der Waals surface area contributed by atoms with E-state index in [9.17, 15) is 0 Å². The first-order valence-electron chi connectivity index (χ1n) is 6.37. The van der Waals surface area contributed by atoms with Crippen molar-refractivity contribution in [3.8, 4) is 0 Å². The van der Waals surface area contributed by atoms with Crippen LogP contribution in [-0.2, 0) is 0 Å². The third-order valence-electron chi connectivity index (χ3n) is 3.64. The van der Waals surface area contributed by atoms with Crippen LogP contribution >= 0.6 is 0 Å². The molecule has 1 aliphatic carbocycles. The summed E-state index contributed by atoms with van der Waals surface area (Å²) in [6, 6.07) is 1.68. The summed E-state index contributed by atoms with van der Waals surface area (Å²) >= 11 is 0. The van der Waals surface area contributed by atoms with Gasteiger partial charge in [0.2, 0.25) is 0 Å². The molecule has 82 valence electrons. The van der Waals surface area contributed by atoms with Gasteiger partial charge in [0.1, 0.15) is 0 Å². The second-order valence-electron chi connectivity index (χ2n) is 4.93. The van der Waals surface area contributed by atoms with Gasteiger partial charge in [0, 0.05) is 12.1 Å². The van der Waals surface area contributed by atoms with E-state index in [1.807, 2.05) is 0 Å². The largest absolute Gasteiger partial charge is 0.314 e. The maximum atomic E-state index is 3.68. The first kappa shape index (κ1) is 10.4. The van der Waals surface area contributed by atoms with Gasteiger partial charge in [-0.1, -0.05) is 13.3 Å². The first-order chi connectivity index (χ1) is 6.90. The topological polar surface area (TPSA) is 24.1 Å². The first-order valence-corrected chi connectivity index (χ1v) is 6.37. The smallest absolute Gasteiger partial charge is 0.00991 e. The monoisotopic (exact) mass is 196 g/mol. The molecule has 3 unspecified atom stereocenters. The fourth-order valence-corrected chi connectivity index (χ4v) is 2.63. The molecule has 0 aromatic carbocycles. The molecule has 2 nitrogen and oxygen atoms in total. The molecule has 14 heavy (non-hydrogen) atoms. The molecule has 0 amide bonds. The fourth-order valence-electron chi connectivity index (χ4n) is 2.63. The van der Waals surface area contributed by atoms with Crippen LogP contribution in [-0.4, -0.2) is 25.2 Å². The number of hydrogen-bond donors (Lipinski definition) is 2. The summed E-state index contributed by atoms with van der Waals surface area (Å²) in [6.07, 6.45) is 8.32. The third kappa shape index (κ3) is 2.96. The Morgan fingerprint density at radius 3 is 3.00 bits per heavy atom. The fraction of sp³-hybridized carbons (Fsp3) is 1.00. The molecule has 2 aliphatic rings. The van der Waals surface area contributed by atoms with Gasteiger partial charge < -0.3 is 10.6 Å². The average molecular weight is 196 g/mol. The molecule has 1 heterocycles. The molecule has 1 aliphatic heterocycles. The summed E-state index contributed by atoms with van der Waals surface area (Å²) in [5, 5.41) is 7.23. The van der Waals surface area contributed by atoms with E-state index in [1.54, 1.807) is 0 Å². The van der Waals surface area contributed by atoms with Gasteiger partial charge in [0.25, 0.3) is 0 Å². The molecule has 0 radical (unpaired) electrons. The van der Waals surface area contributed by atoms with E-state index >= 15 is 0 Å². The number of rotatable bonds is 6. The van der Waals surface area contributed by atoms with Crippen molar-refractivity contribution >= 4 is 0 Å². The van der Waals surface area contributed by atoms with Crippen LogP contribution in [0, 0.1) is 5.92 Å². The standard InChI is InChI=1S/C12H24N2/c1-2-4-10-9-12(10)14-8-6-11-5-3-7-13-11/h10-14H,2-9H2,1H3. The predicted octanol–water partition coefficient (Wildman–Crippen LogP) is 1.91. The zero-order valence-electron chi connectivity index (χ0n) is 9.39. The minimum Gasteiger partial charge on any atom is -0.314 e. The molecule has 2 rings (SSSR count). The van der Waals surface area contributed by atoms with E-state index < -0.39 is 0 Å². The van der Waals surface area contributed by atoms with Crippen molar-refractivity contribution in [2.24, 2.45) is 5.92 Å². The summed E-state index contributed by atoms with van der Waals surface area (Å²) in [4.78, 5) is 0. The number of hydrogen-bond acceptors (Lipinski definition) is 2. The van der Waals surface area contributed by atoms with Crippen LogP contribution in [0.2, 0.25) is 0 Å². The maximum absolute atomic E-state index is 3.68. The zero-order chi connectivity index (χ0) is 9.80. The van der Waals surface area contributed by atoms with Crippen molar-refractivity contribution in [1.29, 1.82) is 0 Å². The summed E-state index contributed by atoms with van der Waals surface area (Å²) in [5.41, 5.74) is 0. The van der Waals surface area contributed by atoms with Crippen LogP contribution < -0.4 is 10.6 Å². The van der Waals surface area contributed by atoms with Crippen LogP contribution in [0.15, 0.2) is 0 Å². The highest BCUT2D eigenvalue weighted by atomic mass is 15.0. The zero-order valence-corrected chi connectivity index (χ0v) is 9.39. The summed E-state index contributed by atoms with van der Waals surface area (Å²) < 4.78 is 0. The SMILES string of the molecule is CCCC1CC1NCCC1CCCN1. The van der Waals surface area contributed by atoms with Gasteiger partial charge in [-0.25, -0.2) is 0 Å². The lowest BCUT2D eigenvalue weighted by Gasteiger charge is -2.10. The lowest BCUT2D eigenvalue weighted by molar-refractivity contribution is 0.509. The van der Waals surface area contributed by atoms with Crippen LogP contribution in [0.1, 0.15) is 45.4 Å². The second kappa shape index (κ2) is 5.13. The third-order valence-corrected chi connectivity index (χ3v) is 3.64. The average Bonchev–Trinajstić information content (AvgIpc) is 2.73. The van der Waals surface area contributed by atoms with Crippen LogP contribution in [0.4, 0.5) is 0 Å². The molecule has 1 saturated carbocycles. The molecule has 2 N–H and O–H groups in total. The van der Waals surface area contributed by atoms with Crippen molar-refractivity contribution in [2.75, 3.05) is 13.1 Å². The summed E-state index contributed by atoms with van der Waals surface area (Å²) in [5.74, 6) is 1.01. The Bertz CT molecular complexity index is 164. The van der Waals surface area contributed by atoms with Gasteiger partial charge in [0.05, 0.1) is 0 Å². The lowest BCUT2D eigenvalue weighted by atomic mass is 10.1. The van der Waals surface area contributed by atoms with Crippen molar-refractivity contribution < 1.29 is 0 Å². The Labute approximate surface area is 87.8 Å². The highest BCUT2D eigenvalue weighted by molar-refractivity contribution is 4.92. The van der Waals surface area contributed by atoms with E-state index in [4.69, 9.17) is 0 Å². The molecule has 0 spiro atoms. The van der Waals surface area contributed by atoms with E-state index in [0.29, 0.717) is 0 Å². The van der Waals surface area contributed by atoms with Gasteiger partial charge in [-0.15, -0.1) is 0 Å². The van der Waals surface area contributed by atoms with Gasteiger partial charge >= 0.3 is 0 Å². The van der Waals surface area contributed by atoms with Crippen LogP contribution in [0.3, 0.4) is 0 Å². The molecule has 2 fully saturated rings. The molecule has 1 saturated heterocycles. The summed E-state index contributed by atoms with van der Waals surface area (Å²) in [6.45, 7) is 4.76. The Morgan fingerprint density at radius 2 is 2.29 bits per heavy atom. The van der Waals surface area contributed by atoms with Crippen molar-refractivity contribution in [2.45, 2.75) is 57.5 Å². The minimum atomic E-state index is 0.811. The minimum absolute atomic E-state index is 0.811. The maximum Gasteiger partial charge on any atom is 0.00991 e. The van der Waals surface area contributed by atoms with Crippen molar-refractivity contribution in [3.63, 3.8) is 0 Å². The summed E-state index contributed by atoms with van der Waals surface area (Å²) in [7, 11) is 0. The Balaban J connectivity index is 1.48. The predicted molar refractivity (Wildman–Crippen MR) is 60.4 cm³/mol. The van der Waals surface area contributed by atoms with Gasteiger partial charge in [-0.2, -0.15) is 0 Å². The van der Waals surface area contributed by atoms with E-state index in [-0.39, 0.29) is 0 Å². The molecule has 0 bridgehead atoms. The molecular weight excluding hydrogens is 172 g/mol. The molecule has 0 aromatic rings. The number of nitrogens with one attached hydrogen (secondary N) is 2. The molecular formula is C12H24N2.